The number of hydrazine groups is 1. The van der Waals surface area contributed by atoms with E-state index in [1.54, 1.807) is 30.3 Å². The molecule has 11 nitrogen and oxygen atoms in total. The van der Waals surface area contributed by atoms with Crippen LogP contribution in [-0.2, 0) is 0 Å². The predicted octanol–water partition coefficient (Wildman–Crippen LogP) is 3.99. The predicted molar refractivity (Wildman–Crippen MR) is 150 cm³/mol. The number of fused-ring (bicyclic) bond motifs is 2. The van der Waals surface area contributed by atoms with Crippen LogP contribution in [0.4, 0.5) is 5.95 Å². The first-order chi connectivity index (χ1) is 19.3. The average molecular weight is 542 g/mol. The maximum atomic E-state index is 13.9. The molecule has 5 aromatic rings. The molecule has 0 radical (unpaired) electrons. The fraction of sp³-hybridized carbons (Fsp3) is 0.207. The largest absolute Gasteiger partial charge is 0.442 e. The van der Waals surface area contributed by atoms with Crippen LogP contribution < -0.4 is 27.4 Å². The Kier molecular flexibility index (Phi) is 7.19. The van der Waals surface area contributed by atoms with Gasteiger partial charge in [0.1, 0.15) is 22.3 Å². The summed E-state index contributed by atoms with van der Waals surface area (Å²) in [7, 11) is 0. The van der Waals surface area contributed by atoms with Gasteiger partial charge in [-0.05, 0) is 50.1 Å². The zero-order valence-corrected chi connectivity index (χ0v) is 22.2. The number of benzene rings is 2. The zero-order valence-electron chi connectivity index (χ0n) is 22.2. The summed E-state index contributed by atoms with van der Waals surface area (Å²) in [5.74, 6) is -1.26. The Morgan fingerprint density at radius 3 is 2.50 bits per heavy atom. The maximum Gasteiger partial charge on any atom is 0.349 e. The van der Waals surface area contributed by atoms with E-state index in [4.69, 9.17) is 8.83 Å². The number of rotatable bonds is 7. The number of nitrogens with one attached hydrogen (secondary N) is 3. The quantitative estimate of drug-likeness (QED) is 0.159. The first-order valence-electron chi connectivity index (χ1n) is 12.8. The first-order valence-corrected chi connectivity index (χ1v) is 12.8. The van der Waals surface area contributed by atoms with Crippen molar-refractivity contribution in [3.8, 4) is 5.69 Å². The molecular weight excluding hydrogens is 514 g/mol. The molecule has 0 aliphatic carbocycles. The van der Waals surface area contributed by atoms with Crippen LogP contribution >= 0.6 is 0 Å². The number of carbonyl (C=O) groups excluding carboxylic acids is 2. The fourth-order valence-corrected chi connectivity index (χ4v) is 4.40. The van der Waals surface area contributed by atoms with Crippen molar-refractivity contribution in [3.05, 3.63) is 97.8 Å². The molecule has 0 saturated heterocycles. The molecule has 0 atom stereocenters. The second-order valence-electron chi connectivity index (χ2n) is 9.30. The minimum Gasteiger partial charge on any atom is -0.442 e. The lowest BCUT2D eigenvalue weighted by molar-refractivity contribution is 0.0844. The van der Waals surface area contributed by atoms with Crippen molar-refractivity contribution < 1.29 is 18.4 Å². The van der Waals surface area contributed by atoms with Crippen LogP contribution in [-0.4, -0.2) is 27.9 Å². The van der Waals surface area contributed by atoms with Gasteiger partial charge >= 0.3 is 5.63 Å². The normalized spacial score (nSPS) is 11.1. The third kappa shape index (κ3) is 4.96. The summed E-state index contributed by atoms with van der Waals surface area (Å²) in [6.07, 6.45) is 1.81. The van der Waals surface area contributed by atoms with Crippen molar-refractivity contribution in [2.75, 3.05) is 11.9 Å². The summed E-state index contributed by atoms with van der Waals surface area (Å²) in [4.78, 5) is 56.7. The standard InChI is InChI=1S/C29H27N5O6/c1-4-5-13-30-29-31-26-23(27(37)34(29)19-11-8-9-16(2)14-19)22(17(3)39-26)25(36)33-32-24(35)20-15-18-10-6-7-12-21(18)40-28(20)38/h6-12,14-15H,4-5,13H2,1-3H3,(H,30,31)(H,32,35)(H,33,36). The van der Waals surface area contributed by atoms with E-state index < -0.39 is 23.0 Å². The number of unbranched alkanes of at least 4 members (excludes halogenated alkanes) is 1. The Morgan fingerprint density at radius 1 is 0.950 bits per heavy atom. The van der Waals surface area contributed by atoms with Crippen molar-refractivity contribution >= 4 is 39.8 Å². The van der Waals surface area contributed by atoms with Gasteiger partial charge in [-0.2, -0.15) is 4.98 Å². The summed E-state index contributed by atoms with van der Waals surface area (Å²) < 4.78 is 12.3. The van der Waals surface area contributed by atoms with Gasteiger partial charge in [-0.3, -0.25) is 25.2 Å². The first kappa shape index (κ1) is 26.4. The number of para-hydroxylation sites is 1. The highest BCUT2D eigenvalue weighted by Gasteiger charge is 2.26. The lowest BCUT2D eigenvalue weighted by Gasteiger charge is -2.14. The van der Waals surface area contributed by atoms with Crippen LogP contribution in [0.15, 0.2) is 73.0 Å². The van der Waals surface area contributed by atoms with Gasteiger partial charge in [-0.1, -0.05) is 43.7 Å². The van der Waals surface area contributed by atoms with Crippen LogP contribution in [0, 0.1) is 13.8 Å². The van der Waals surface area contributed by atoms with Gasteiger partial charge in [-0.25, -0.2) is 9.36 Å². The molecule has 0 aliphatic rings. The van der Waals surface area contributed by atoms with Crippen LogP contribution in [0.25, 0.3) is 27.8 Å². The van der Waals surface area contributed by atoms with E-state index in [-0.39, 0.29) is 33.9 Å². The van der Waals surface area contributed by atoms with E-state index in [2.05, 4.69) is 28.1 Å². The van der Waals surface area contributed by atoms with Crippen molar-refractivity contribution in [2.45, 2.75) is 33.6 Å². The van der Waals surface area contributed by atoms with E-state index in [1.165, 1.54) is 17.6 Å². The third-order valence-corrected chi connectivity index (χ3v) is 6.38. The summed E-state index contributed by atoms with van der Waals surface area (Å²) in [5, 5.41) is 3.69. The SMILES string of the molecule is CCCCNc1nc2oc(C)c(C(=O)NNC(=O)c3cc4ccccc4oc3=O)c2c(=O)n1-c1cccc(C)c1. The number of amides is 2. The van der Waals surface area contributed by atoms with Gasteiger partial charge < -0.3 is 14.2 Å². The fourth-order valence-electron chi connectivity index (χ4n) is 4.40. The van der Waals surface area contributed by atoms with E-state index >= 15 is 0 Å². The molecule has 40 heavy (non-hydrogen) atoms. The van der Waals surface area contributed by atoms with Crippen molar-refractivity contribution in [1.82, 2.24) is 20.4 Å². The van der Waals surface area contributed by atoms with Gasteiger partial charge in [0.15, 0.2) is 0 Å². The molecule has 3 heterocycles. The summed E-state index contributed by atoms with van der Waals surface area (Å²) in [6.45, 7) is 6.07. The highest BCUT2D eigenvalue weighted by molar-refractivity contribution is 6.07. The molecule has 3 N–H and O–H groups in total. The second-order valence-corrected chi connectivity index (χ2v) is 9.30. The summed E-state index contributed by atoms with van der Waals surface area (Å²) in [5.41, 5.74) is 4.56. The van der Waals surface area contributed by atoms with Crippen molar-refractivity contribution in [2.24, 2.45) is 0 Å². The van der Waals surface area contributed by atoms with Gasteiger partial charge in [0.2, 0.25) is 11.7 Å². The van der Waals surface area contributed by atoms with Crippen LogP contribution in [0.1, 0.15) is 51.8 Å². The molecule has 0 bridgehead atoms. The number of aryl methyl sites for hydroxylation is 2. The van der Waals surface area contributed by atoms with Gasteiger partial charge in [-0.15, -0.1) is 0 Å². The Morgan fingerprint density at radius 2 is 1.73 bits per heavy atom. The van der Waals surface area contributed by atoms with E-state index in [0.29, 0.717) is 23.2 Å². The second kappa shape index (κ2) is 10.9. The molecule has 3 aromatic heterocycles. The van der Waals surface area contributed by atoms with E-state index in [0.717, 1.165) is 18.4 Å². The molecule has 204 valence electrons. The van der Waals surface area contributed by atoms with Crippen LogP contribution in [0.3, 0.4) is 0 Å². The molecule has 0 saturated carbocycles. The van der Waals surface area contributed by atoms with Crippen LogP contribution in [0.5, 0.6) is 0 Å². The molecule has 11 heteroatoms. The number of anilines is 1. The number of carbonyl (C=O) groups is 2. The molecule has 0 aliphatic heterocycles. The van der Waals surface area contributed by atoms with Crippen molar-refractivity contribution in [1.29, 1.82) is 0 Å². The number of furan rings is 1. The molecule has 5 rings (SSSR count). The number of hydrogen-bond acceptors (Lipinski definition) is 8. The lowest BCUT2D eigenvalue weighted by Crippen LogP contribution is -2.43. The minimum atomic E-state index is -0.879. The van der Waals surface area contributed by atoms with Crippen molar-refractivity contribution in [3.63, 3.8) is 0 Å². The molecule has 0 fully saturated rings. The Balaban J connectivity index is 1.50. The molecular formula is C29H27N5O6. The third-order valence-electron chi connectivity index (χ3n) is 6.38. The maximum absolute atomic E-state index is 13.9. The molecule has 0 spiro atoms. The Hall–Kier alpha value is -5.19. The monoisotopic (exact) mass is 541 g/mol. The molecule has 0 unspecified atom stereocenters. The molecule has 2 aromatic carbocycles. The highest BCUT2D eigenvalue weighted by Crippen LogP contribution is 2.24. The van der Waals surface area contributed by atoms with E-state index in [1.807, 2.05) is 25.1 Å². The number of nitrogens with zero attached hydrogens (tertiary/aromatic N) is 2. The Bertz CT molecular complexity index is 1880. The highest BCUT2D eigenvalue weighted by atomic mass is 16.4. The number of aromatic nitrogens is 2. The average Bonchev–Trinajstić information content (AvgIpc) is 3.27. The van der Waals surface area contributed by atoms with Gasteiger partial charge in [0, 0.05) is 11.9 Å². The lowest BCUT2D eigenvalue weighted by atomic mass is 10.1. The van der Waals surface area contributed by atoms with E-state index in [9.17, 15) is 19.2 Å². The van der Waals surface area contributed by atoms with Gasteiger partial charge in [0.05, 0.1) is 11.3 Å². The summed E-state index contributed by atoms with van der Waals surface area (Å²) >= 11 is 0. The number of hydrogen-bond donors (Lipinski definition) is 3. The smallest absolute Gasteiger partial charge is 0.349 e. The Labute approximate surface area is 227 Å². The zero-order chi connectivity index (χ0) is 28.4. The van der Waals surface area contributed by atoms with Gasteiger partial charge in [0.25, 0.3) is 17.4 Å². The topological polar surface area (TPSA) is 148 Å². The summed E-state index contributed by atoms with van der Waals surface area (Å²) in [6, 6.07) is 15.4. The van der Waals surface area contributed by atoms with Crippen LogP contribution in [0.2, 0.25) is 0 Å². The minimum absolute atomic E-state index is 0.0166. The molecule has 2 amide bonds.